The van der Waals surface area contributed by atoms with Crippen LogP contribution in [0.4, 0.5) is 5.82 Å². The van der Waals surface area contributed by atoms with Gasteiger partial charge in [0, 0.05) is 32.2 Å². The van der Waals surface area contributed by atoms with Crippen LogP contribution in [0.5, 0.6) is 0 Å². The molecule has 0 amide bonds. The van der Waals surface area contributed by atoms with Crippen LogP contribution in [0.3, 0.4) is 0 Å². The predicted molar refractivity (Wildman–Crippen MR) is 59.9 cm³/mol. The van der Waals surface area contributed by atoms with E-state index in [0.29, 0.717) is 26.2 Å². The van der Waals surface area contributed by atoms with Crippen molar-refractivity contribution in [1.29, 1.82) is 0 Å². The van der Waals surface area contributed by atoms with Crippen molar-refractivity contribution in [3.05, 3.63) is 11.8 Å². The van der Waals surface area contributed by atoms with E-state index < -0.39 is 10.0 Å². The van der Waals surface area contributed by atoms with E-state index in [9.17, 15) is 8.42 Å². The normalized spacial score (nSPS) is 19.0. The zero-order valence-corrected chi connectivity index (χ0v) is 10.2. The van der Waals surface area contributed by atoms with Gasteiger partial charge in [-0.25, -0.2) is 8.42 Å². The summed E-state index contributed by atoms with van der Waals surface area (Å²) in [4.78, 5) is 2.03. The van der Waals surface area contributed by atoms with E-state index in [2.05, 4.69) is 5.16 Å². The zero-order valence-electron chi connectivity index (χ0n) is 9.38. The molecule has 1 aromatic rings. The molecule has 7 heteroatoms. The summed E-state index contributed by atoms with van der Waals surface area (Å²) in [6.45, 7) is 4.15. The average Bonchev–Trinajstić information content (AvgIpc) is 2.64. The molecular formula is C9H15N3O3S. The maximum atomic E-state index is 11.3. The lowest BCUT2D eigenvalue weighted by atomic mass is 10.3. The topological polar surface area (TPSA) is 66.7 Å². The van der Waals surface area contributed by atoms with Crippen molar-refractivity contribution in [3.8, 4) is 0 Å². The molecule has 1 aliphatic rings. The largest absolute Gasteiger partial charge is 0.360 e. The second-order valence-electron chi connectivity index (χ2n) is 3.94. The lowest BCUT2D eigenvalue weighted by molar-refractivity contribution is 0.373. The van der Waals surface area contributed by atoms with E-state index in [0.717, 1.165) is 11.6 Å². The number of aromatic nitrogens is 1. The van der Waals surface area contributed by atoms with E-state index in [4.69, 9.17) is 4.52 Å². The minimum absolute atomic E-state index is 0.505. The molecule has 2 heterocycles. The van der Waals surface area contributed by atoms with Crippen LogP contribution in [-0.4, -0.2) is 50.3 Å². The van der Waals surface area contributed by atoms with Crippen LogP contribution in [-0.2, 0) is 10.0 Å². The summed E-state index contributed by atoms with van der Waals surface area (Å²) in [5.41, 5.74) is 0. The van der Waals surface area contributed by atoms with Gasteiger partial charge in [0.2, 0.25) is 10.0 Å². The number of sulfonamides is 1. The van der Waals surface area contributed by atoms with E-state index in [1.807, 2.05) is 17.9 Å². The third-order valence-electron chi connectivity index (χ3n) is 2.65. The first-order valence-corrected chi connectivity index (χ1v) is 6.95. The molecule has 0 unspecified atom stereocenters. The molecule has 16 heavy (non-hydrogen) atoms. The Labute approximate surface area is 94.9 Å². The van der Waals surface area contributed by atoms with Crippen LogP contribution < -0.4 is 4.90 Å². The maximum Gasteiger partial charge on any atom is 0.211 e. The third-order valence-corrected chi connectivity index (χ3v) is 3.95. The highest BCUT2D eigenvalue weighted by Crippen LogP contribution is 2.16. The molecule has 1 aromatic heterocycles. The summed E-state index contributed by atoms with van der Waals surface area (Å²) in [5, 5.41) is 3.91. The van der Waals surface area contributed by atoms with E-state index >= 15 is 0 Å². The van der Waals surface area contributed by atoms with Gasteiger partial charge in [-0.1, -0.05) is 5.16 Å². The molecule has 0 aliphatic carbocycles. The monoisotopic (exact) mass is 245 g/mol. The Hall–Kier alpha value is -1.08. The number of hydrogen-bond acceptors (Lipinski definition) is 5. The molecule has 0 radical (unpaired) electrons. The van der Waals surface area contributed by atoms with Crippen LogP contribution in [0.2, 0.25) is 0 Å². The summed E-state index contributed by atoms with van der Waals surface area (Å²) in [6.07, 6.45) is 1.24. The summed E-state index contributed by atoms with van der Waals surface area (Å²) < 4.78 is 29.1. The smallest absolute Gasteiger partial charge is 0.211 e. The van der Waals surface area contributed by atoms with Crippen molar-refractivity contribution in [2.24, 2.45) is 0 Å². The minimum Gasteiger partial charge on any atom is -0.360 e. The Balaban J connectivity index is 2.00. The van der Waals surface area contributed by atoms with Gasteiger partial charge in [-0.3, -0.25) is 0 Å². The fourth-order valence-corrected chi connectivity index (χ4v) is 2.58. The Morgan fingerprint density at radius 2 is 1.94 bits per heavy atom. The van der Waals surface area contributed by atoms with Crippen molar-refractivity contribution in [2.75, 3.05) is 37.3 Å². The number of anilines is 1. The highest BCUT2D eigenvalue weighted by molar-refractivity contribution is 7.88. The van der Waals surface area contributed by atoms with Crippen molar-refractivity contribution in [3.63, 3.8) is 0 Å². The lowest BCUT2D eigenvalue weighted by Crippen LogP contribution is -2.48. The summed E-state index contributed by atoms with van der Waals surface area (Å²) in [5.74, 6) is 1.55. The van der Waals surface area contributed by atoms with E-state index in [-0.39, 0.29) is 0 Å². The summed E-state index contributed by atoms with van der Waals surface area (Å²) >= 11 is 0. The first kappa shape index (κ1) is 11.4. The minimum atomic E-state index is -3.06. The zero-order chi connectivity index (χ0) is 11.8. The van der Waals surface area contributed by atoms with Gasteiger partial charge in [0.25, 0.3) is 0 Å². The van der Waals surface area contributed by atoms with E-state index in [1.54, 1.807) is 0 Å². The van der Waals surface area contributed by atoms with Gasteiger partial charge < -0.3 is 9.42 Å². The first-order chi connectivity index (χ1) is 7.47. The molecule has 0 aromatic carbocycles. The Kier molecular flexibility index (Phi) is 2.90. The second-order valence-corrected chi connectivity index (χ2v) is 5.93. The number of nitrogens with zero attached hydrogens (tertiary/aromatic N) is 3. The van der Waals surface area contributed by atoms with Gasteiger partial charge in [-0.2, -0.15) is 4.31 Å². The molecule has 2 rings (SSSR count). The van der Waals surface area contributed by atoms with Gasteiger partial charge in [0.15, 0.2) is 5.82 Å². The molecule has 90 valence electrons. The summed E-state index contributed by atoms with van der Waals surface area (Å²) in [6, 6.07) is 1.86. The van der Waals surface area contributed by atoms with Gasteiger partial charge in [0.05, 0.1) is 6.26 Å². The molecule has 0 atom stereocenters. The second kappa shape index (κ2) is 4.06. The number of aryl methyl sites for hydroxylation is 1. The van der Waals surface area contributed by atoms with Crippen molar-refractivity contribution in [1.82, 2.24) is 9.46 Å². The highest BCUT2D eigenvalue weighted by atomic mass is 32.2. The van der Waals surface area contributed by atoms with E-state index in [1.165, 1.54) is 10.6 Å². The molecule has 0 saturated carbocycles. The van der Waals surface area contributed by atoms with Crippen LogP contribution in [0.1, 0.15) is 5.76 Å². The van der Waals surface area contributed by atoms with Gasteiger partial charge in [-0.05, 0) is 6.92 Å². The molecular weight excluding hydrogens is 230 g/mol. The average molecular weight is 245 g/mol. The quantitative estimate of drug-likeness (QED) is 0.737. The van der Waals surface area contributed by atoms with Crippen molar-refractivity contribution >= 4 is 15.8 Å². The predicted octanol–water partition coefficient (Wildman–Crippen LogP) is 0.0646. The fraction of sp³-hybridized carbons (Fsp3) is 0.667. The Morgan fingerprint density at radius 1 is 1.31 bits per heavy atom. The molecule has 0 bridgehead atoms. The number of rotatable bonds is 2. The van der Waals surface area contributed by atoms with Crippen LogP contribution in [0.25, 0.3) is 0 Å². The van der Waals surface area contributed by atoms with Crippen molar-refractivity contribution in [2.45, 2.75) is 6.92 Å². The Bertz CT molecular complexity index is 460. The Morgan fingerprint density at radius 3 is 2.38 bits per heavy atom. The van der Waals surface area contributed by atoms with Gasteiger partial charge in [-0.15, -0.1) is 0 Å². The molecule has 1 aliphatic heterocycles. The van der Waals surface area contributed by atoms with Gasteiger partial charge >= 0.3 is 0 Å². The molecule has 6 nitrogen and oxygen atoms in total. The van der Waals surface area contributed by atoms with Crippen LogP contribution >= 0.6 is 0 Å². The SMILES string of the molecule is Cc1cc(N2CCN(S(C)(=O)=O)CC2)no1. The van der Waals surface area contributed by atoms with Gasteiger partial charge in [0.1, 0.15) is 5.76 Å². The number of piperazine rings is 1. The van der Waals surface area contributed by atoms with Crippen molar-refractivity contribution < 1.29 is 12.9 Å². The fourth-order valence-electron chi connectivity index (χ4n) is 1.75. The standard InChI is InChI=1S/C9H15N3O3S/c1-8-7-9(10-15-8)11-3-5-12(6-4-11)16(2,13)14/h7H,3-6H2,1-2H3. The first-order valence-electron chi connectivity index (χ1n) is 5.10. The third kappa shape index (κ3) is 2.35. The van der Waals surface area contributed by atoms with Crippen LogP contribution in [0, 0.1) is 6.92 Å². The lowest BCUT2D eigenvalue weighted by Gasteiger charge is -2.32. The molecule has 1 saturated heterocycles. The molecule has 0 N–H and O–H groups in total. The maximum absolute atomic E-state index is 11.3. The van der Waals surface area contributed by atoms with Crippen LogP contribution in [0.15, 0.2) is 10.6 Å². The highest BCUT2D eigenvalue weighted by Gasteiger charge is 2.24. The molecule has 0 spiro atoms. The number of hydrogen-bond donors (Lipinski definition) is 0. The summed E-state index contributed by atoms with van der Waals surface area (Å²) in [7, 11) is -3.06. The molecule has 1 fully saturated rings.